The van der Waals surface area contributed by atoms with Crippen LogP contribution in [0.25, 0.3) is 10.8 Å². The van der Waals surface area contributed by atoms with Gasteiger partial charge in [-0.2, -0.15) is 0 Å². The normalized spacial score (nSPS) is 11.9. The molecule has 0 saturated heterocycles. The van der Waals surface area contributed by atoms with Crippen molar-refractivity contribution in [3.05, 3.63) is 71.1 Å². The molecule has 214 valence electrons. The van der Waals surface area contributed by atoms with E-state index in [0.29, 0.717) is 17.9 Å². The van der Waals surface area contributed by atoms with E-state index in [0.717, 1.165) is 10.8 Å². The minimum absolute atomic E-state index is 0.00642. The van der Waals surface area contributed by atoms with Crippen LogP contribution < -0.4 is 16.0 Å². The summed E-state index contributed by atoms with van der Waals surface area (Å²) in [6, 6.07) is 12.5. The van der Waals surface area contributed by atoms with Gasteiger partial charge in [-0.25, -0.2) is 19.0 Å². The molecule has 0 saturated carbocycles. The summed E-state index contributed by atoms with van der Waals surface area (Å²) in [6.45, 7) is 6.35. The third-order valence-corrected chi connectivity index (χ3v) is 6.54. The summed E-state index contributed by atoms with van der Waals surface area (Å²) in [5.74, 6) is -0.439. The van der Waals surface area contributed by atoms with Crippen molar-refractivity contribution in [2.45, 2.75) is 46.2 Å². The van der Waals surface area contributed by atoms with Crippen LogP contribution in [0, 0.1) is 11.2 Å². The Bertz CT molecular complexity index is 1350. The van der Waals surface area contributed by atoms with Crippen LogP contribution in [0.4, 0.5) is 19.8 Å². The van der Waals surface area contributed by atoms with Gasteiger partial charge in [-0.15, -0.1) is 0 Å². The number of urea groups is 1. The van der Waals surface area contributed by atoms with Gasteiger partial charge in [0.1, 0.15) is 18.2 Å². The molecule has 0 aliphatic rings. The lowest BCUT2D eigenvalue weighted by Crippen LogP contribution is -2.46. The molecule has 4 amide bonds. The molecule has 40 heavy (non-hydrogen) atoms. The smallest absolute Gasteiger partial charge is 0.412 e. The van der Waals surface area contributed by atoms with Gasteiger partial charge in [0, 0.05) is 38.1 Å². The summed E-state index contributed by atoms with van der Waals surface area (Å²) in [7, 11) is 1.53. The molecule has 0 aliphatic heterocycles. The Morgan fingerprint density at radius 3 is 2.52 bits per heavy atom. The summed E-state index contributed by atoms with van der Waals surface area (Å²) in [5, 5.41) is 9.93. The van der Waals surface area contributed by atoms with Crippen molar-refractivity contribution in [3.63, 3.8) is 0 Å². The number of hydrogen-bond donors (Lipinski definition) is 3. The number of rotatable bonds is 10. The van der Waals surface area contributed by atoms with Crippen LogP contribution >= 0.6 is 11.6 Å². The van der Waals surface area contributed by atoms with E-state index in [2.05, 4.69) is 20.9 Å². The molecule has 0 unspecified atom stereocenters. The lowest BCUT2D eigenvalue weighted by atomic mass is 9.97. The fraction of sp³-hybridized carbons (Fsp3) is 0.379. The largest absolute Gasteiger partial charge is 0.447 e. The zero-order chi connectivity index (χ0) is 29.3. The molecule has 3 aromatic rings. The predicted molar refractivity (Wildman–Crippen MR) is 154 cm³/mol. The van der Waals surface area contributed by atoms with Crippen molar-refractivity contribution in [2.24, 2.45) is 5.41 Å². The zero-order valence-electron chi connectivity index (χ0n) is 23.1. The number of likely N-dealkylation sites (N-methyl/N-ethyl adjacent to an activating group) is 1. The van der Waals surface area contributed by atoms with Gasteiger partial charge < -0.3 is 20.3 Å². The number of nitrogens with one attached hydrogen (secondary N) is 3. The van der Waals surface area contributed by atoms with Gasteiger partial charge in [0.05, 0.1) is 11.1 Å². The molecule has 1 heterocycles. The number of anilines is 1. The van der Waals surface area contributed by atoms with Crippen LogP contribution in [0.15, 0.2) is 54.7 Å². The van der Waals surface area contributed by atoms with Crippen LogP contribution in [0.3, 0.4) is 0 Å². The van der Waals surface area contributed by atoms with Gasteiger partial charge >= 0.3 is 12.1 Å². The number of aromatic nitrogens is 1. The first-order chi connectivity index (χ1) is 18.9. The average molecular weight is 572 g/mol. The predicted octanol–water partition coefficient (Wildman–Crippen LogP) is 5.73. The summed E-state index contributed by atoms with van der Waals surface area (Å²) in [6.07, 6.45) is 1.26. The van der Waals surface area contributed by atoms with E-state index in [1.54, 1.807) is 18.3 Å². The van der Waals surface area contributed by atoms with E-state index in [1.165, 1.54) is 24.1 Å². The second kappa shape index (κ2) is 13.9. The first-order valence-electron chi connectivity index (χ1n) is 12.9. The van der Waals surface area contributed by atoms with Gasteiger partial charge in [0.2, 0.25) is 5.91 Å². The number of nitrogens with zero attached hydrogens (tertiary/aromatic N) is 2. The molecular formula is C29H35ClFN5O4. The van der Waals surface area contributed by atoms with Crippen molar-refractivity contribution in [3.8, 4) is 0 Å². The number of ether oxygens (including phenoxy) is 1. The molecule has 3 rings (SSSR count). The molecule has 0 bridgehead atoms. The number of halogens is 2. The summed E-state index contributed by atoms with van der Waals surface area (Å²) in [4.78, 5) is 43.5. The van der Waals surface area contributed by atoms with Gasteiger partial charge in [0.15, 0.2) is 0 Å². The summed E-state index contributed by atoms with van der Waals surface area (Å²) in [5.41, 5.74) is 0.335. The Labute approximate surface area is 238 Å². The van der Waals surface area contributed by atoms with Crippen molar-refractivity contribution in [2.75, 3.05) is 25.5 Å². The van der Waals surface area contributed by atoms with E-state index >= 15 is 0 Å². The Morgan fingerprint density at radius 1 is 1.07 bits per heavy atom. The van der Waals surface area contributed by atoms with E-state index in [-0.39, 0.29) is 42.3 Å². The second-order valence-corrected chi connectivity index (χ2v) is 11.0. The standard InChI is InChI=1S/C29H35ClFN5O4/c1-29(2,3)18-34-25(37)13-12-22(36(4)27(38)33-16-21-10-7-11-23(31)26(21)30)17-40-28(39)35-24-14-19-8-5-6-9-20(19)15-32-24/h5-11,14-15,22H,12-13,16-18H2,1-4H3,(H,33,38)(H,34,37)(H,32,35,39)/t22-/m0/s1. The molecular weight excluding hydrogens is 537 g/mol. The number of fused-ring (bicyclic) bond motifs is 1. The Hall–Kier alpha value is -3.92. The minimum Gasteiger partial charge on any atom is -0.447 e. The first kappa shape index (κ1) is 30.6. The molecule has 0 fully saturated rings. The molecule has 2 aromatic carbocycles. The van der Waals surface area contributed by atoms with Crippen molar-refractivity contribution < 1.29 is 23.5 Å². The summed E-state index contributed by atoms with van der Waals surface area (Å²) < 4.78 is 19.2. The Kier molecular flexibility index (Phi) is 10.7. The molecule has 0 radical (unpaired) electrons. The average Bonchev–Trinajstić information content (AvgIpc) is 2.91. The third-order valence-electron chi connectivity index (χ3n) is 6.12. The van der Waals surface area contributed by atoms with Crippen LogP contribution in [0.5, 0.6) is 0 Å². The van der Waals surface area contributed by atoms with E-state index in [4.69, 9.17) is 16.3 Å². The topological polar surface area (TPSA) is 113 Å². The Morgan fingerprint density at radius 2 is 1.80 bits per heavy atom. The van der Waals surface area contributed by atoms with E-state index in [1.807, 2.05) is 45.0 Å². The fourth-order valence-electron chi connectivity index (χ4n) is 3.75. The van der Waals surface area contributed by atoms with Crippen molar-refractivity contribution >= 4 is 46.2 Å². The molecule has 11 heteroatoms. The Balaban J connectivity index is 1.62. The highest BCUT2D eigenvalue weighted by atomic mass is 35.5. The fourth-order valence-corrected chi connectivity index (χ4v) is 3.94. The zero-order valence-corrected chi connectivity index (χ0v) is 23.8. The minimum atomic E-state index is -0.745. The number of benzene rings is 2. The highest BCUT2D eigenvalue weighted by Gasteiger charge is 2.24. The van der Waals surface area contributed by atoms with Crippen LogP contribution in [-0.2, 0) is 16.1 Å². The van der Waals surface area contributed by atoms with Gasteiger partial charge in [-0.1, -0.05) is 68.8 Å². The lowest BCUT2D eigenvalue weighted by molar-refractivity contribution is -0.121. The first-order valence-corrected chi connectivity index (χ1v) is 13.3. The number of pyridine rings is 1. The maximum Gasteiger partial charge on any atom is 0.412 e. The van der Waals surface area contributed by atoms with Crippen LogP contribution in [-0.4, -0.2) is 54.2 Å². The highest BCUT2D eigenvalue weighted by Crippen LogP contribution is 2.20. The number of hydrogen-bond acceptors (Lipinski definition) is 5. The molecule has 0 aliphatic carbocycles. The second-order valence-electron chi connectivity index (χ2n) is 10.7. The van der Waals surface area contributed by atoms with Crippen LogP contribution in [0.2, 0.25) is 5.02 Å². The third kappa shape index (κ3) is 9.37. The van der Waals surface area contributed by atoms with Crippen molar-refractivity contribution in [1.82, 2.24) is 20.5 Å². The maximum atomic E-state index is 13.8. The molecule has 0 spiro atoms. The molecule has 1 atom stereocenters. The van der Waals surface area contributed by atoms with Gasteiger partial charge in [-0.3, -0.25) is 10.1 Å². The lowest BCUT2D eigenvalue weighted by Gasteiger charge is -2.28. The van der Waals surface area contributed by atoms with E-state index < -0.39 is 24.0 Å². The van der Waals surface area contributed by atoms with Crippen molar-refractivity contribution in [1.29, 1.82) is 0 Å². The monoisotopic (exact) mass is 571 g/mol. The maximum absolute atomic E-state index is 13.8. The van der Waals surface area contributed by atoms with Crippen LogP contribution in [0.1, 0.15) is 39.2 Å². The SMILES string of the molecule is CN(C(=O)NCc1cccc(F)c1Cl)[C@@H](CCC(=O)NCC(C)(C)C)COC(=O)Nc1cc2ccccc2cn1. The highest BCUT2D eigenvalue weighted by molar-refractivity contribution is 6.31. The number of carbonyl (C=O) groups is 3. The van der Waals surface area contributed by atoms with Gasteiger partial charge in [0.25, 0.3) is 0 Å². The number of carbonyl (C=O) groups excluding carboxylic acids is 3. The molecule has 3 N–H and O–H groups in total. The summed E-state index contributed by atoms with van der Waals surface area (Å²) >= 11 is 5.99. The van der Waals surface area contributed by atoms with E-state index in [9.17, 15) is 18.8 Å². The van der Waals surface area contributed by atoms with Gasteiger partial charge in [-0.05, 0) is 34.9 Å². The quantitative estimate of drug-likeness (QED) is 0.288. The molecule has 1 aromatic heterocycles. The molecule has 9 nitrogen and oxygen atoms in total. The number of amides is 4.